The Labute approximate surface area is 152 Å². The Morgan fingerprint density at radius 2 is 1.79 bits per heavy atom. The van der Waals surface area contributed by atoms with Crippen molar-refractivity contribution in [3.8, 4) is 5.75 Å². The van der Waals surface area contributed by atoms with Gasteiger partial charge in [0.25, 0.3) is 5.91 Å². The molecule has 1 N–H and O–H groups in total. The molecule has 0 bridgehead atoms. The summed E-state index contributed by atoms with van der Waals surface area (Å²) in [6, 6.07) is 12.5. The standard InChI is InChI=1S/C19H21Cl2NO2/c1-12(2)10-18(13-4-7-15(24-3)8-5-13)22-19(23)16-9-6-14(20)11-17(16)21/h4-9,11-12,18H,10H2,1-3H3,(H,22,23)/t18-/m0/s1. The van der Waals surface area contributed by atoms with Gasteiger partial charge in [0, 0.05) is 5.02 Å². The fraction of sp³-hybridized carbons (Fsp3) is 0.316. The van der Waals surface area contributed by atoms with E-state index in [1.807, 2.05) is 24.3 Å². The summed E-state index contributed by atoms with van der Waals surface area (Å²) >= 11 is 12.0. The Hall–Kier alpha value is -1.71. The van der Waals surface area contributed by atoms with Crippen molar-refractivity contribution in [1.29, 1.82) is 0 Å². The van der Waals surface area contributed by atoms with Gasteiger partial charge in [-0.25, -0.2) is 0 Å². The number of carbonyl (C=O) groups excluding carboxylic acids is 1. The minimum Gasteiger partial charge on any atom is -0.497 e. The number of nitrogens with one attached hydrogen (secondary N) is 1. The molecule has 0 spiro atoms. The van der Waals surface area contributed by atoms with Gasteiger partial charge in [0.2, 0.25) is 0 Å². The second-order valence-electron chi connectivity index (χ2n) is 6.05. The average Bonchev–Trinajstić information content (AvgIpc) is 2.53. The zero-order valence-corrected chi connectivity index (χ0v) is 15.5. The largest absolute Gasteiger partial charge is 0.497 e. The second-order valence-corrected chi connectivity index (χ2v) is 6.90. The Morgan fingerprint density at radius 1 is 1.12 bits per heavy atom. The Bertz CT molecular complexity index is 699. The summed E-state index contributed by atoms with van der Waals surface area (Å²) < 4.78 is 5.19. The van der Waals surface area contributed by atoms with Crippen molar-refractivity contribution in [1.82, 2.24) is 5.32 Å². The molecule has 1 amide bonds. The van der Waals surface area contributed by atoms with Gasteiger partial charge >= 0.3 is 0 Å². The summed E-state index contributed by atoms with van der Waals surface area (Å²) in [7, 11) is 1.63. The lowest BCUT2D eigenvalue weighted by atomic mass is 9.96. The molecule has 0 heterocycles. The van der Waals surface area contributed by atoms with Crippen LogP contribution in [0, 0.1) is 5.92 Å². The Kier molecular flexibility index (Phi) is 6.52. The van der Waals surface area contributed by atoms with E-state index in [9.17, 15) is 4.79 Å². The van der Waals surface area contributed by atoms with E-state index in [2.05, 4.69) is 19.2 Å². The molecule has 1 atom stereocenters. The van der Waals surface area contributed by atoms with Crippen LogP contribution in [0.5, 0.6) is 5.75 Å². The van der Waals surface area contributed by atoms with Crippen LogP contribution in [-0.4, -0.2) is 13.0 Å². The molecule has 2 rings (SSSR count). The zero-order chi connectivity index (χ0) is 17.7. The molecular formula is C19H21Cl2NO2. The number of amides is 1. The van der Waals surface area contributed by atoms with Gasteiger partial charge in [-0.2, -0.15) is 0 Å². The quantitative estimate of drug-likeness (QED) is 0.731. The number of halogens is 2. The van der Waals surface area contributed by atoms with Gasteiger partial charge < -0.3 is 10.1 Å². The number of carbonyl (C=O) groups is 1. The maximum Gasteiger partial charge on any atom is 0.253 e. The fourth-order valence-corrected chi connectivity index (χ4v) is 2.99. The van der Waals surface area contributed by atoms with Crippen molar-refractivity contribution in [3.63, 3.8) is 0 Å². The summed E-state index contributed by atoms with van der Waals surface area (Å²) in [5.41, 5.74) is 1.45. The normalized spacial score (nSPS) is 12.1. The van der Waals surface area contributed by atoms with Gasteiger partial charge in [-0.3, -0.25) is 4.79 Å². The highest BCUT2D eigenvalue weighted by Crippen LogP contribution is 2.26. The van der Waals surface area contributed by atoms with Crippen LogP contribution < -0.4 is 10.1 Å². The zero-order valence-electron chi connectivity index (χ0n) is 14.0. The molecule has 3 nitrogen and oxygen atoms in total. The molecule has 5 heteroatoms. The lowest BCUT2D eigenvalue weighted by molar-refractivity contribution is 0.0932. The number of benzene rings is 2. The molecule has 0 saturated carbocycles. The second kappa shape index (κ2) is 8.41. The SMILES string of the molecule is COc1ccc([C@H](CC(C)C)NC(=O)c2ccc(Cl)cc2Cl)cc1. The van der Waals surface area contributed by atoms with E-state index in [4.69, 9.17) is 27.9 Å². The highest BCUT2D eigenvalue weighted by molar-refractivity contribution is 6.36. The number of hydrogen-bond acceptors (Lipinski definition) is 2. The van der Waals surface area contributed by atoms with Crippen LogP contribution in [0.4, 0.5) is 0 Å². The summed E-state index contributed by atoms with van der Waals surface area (Å²) in [5.74, 6) is 1.00. The number of methoxy groups -OCH3 is 1. The maximum atomic E-state index is 12.6. The van der Waals surface area contributed by atoms with Gasteiger partial charge in [0.05, 0.1) is 23.7 Å². The molecule has 2 aromatic carbocycles. The van der Waals surface area contributed by atoms with Crippen molar-refractivity contribution in [2.45, 2.75) is 26.3 Å². The molecule has 0 aromatic heterocycles. The van der Waals surface area contributed by atoms with E-state index in [1.54, 1.807) is 25.3 Å². The van der Waals surface area contributed by atoms with Crippen molar-refractivity contribution < 1.29 is 9.53 Å². The Balaban J connectivity index is 2.22. The van der Waals surface area contributed by atoms with E-state index in [1.165, 1.54) is 0 Å². The molecule has 0 saturated heterocycles. The van der Waals surface area contributed by atoms with Crippen LogP contribution >= 0.6 is 23.2 Å². The molecule has 128 valence electrons. The van der Waals surface area contributed by atoms with Crippen LogP contribution in [0.15, 0.2) is 42.5 Å². The van der Waals surface area contributed by atoms with E-state index in [0.29, 0.717) is 21.5 Å². The molecule has 0 fully saturated rings. The lowest BCUT2D eigenvalue weighted by Gasteiger charge is -2.22. The predicted molar refractivity (Wildman–Crippen MR) is 99.1 cm³/mol. The highest BCUT2D eigenvalue weighted by atomic mass is 35.5. The van der Waals surface area contributed by atoms with Crippen molar-refractivity contribution >= 4 is 29.1 Å². The predicted octanol–water partition coefficient (Wildman–Crippen LogP) is 5.52. The van der Waals surface area contributed by atoms with Crippen molar-refractivity contribution in [2.75, 3.05) is 7.11 Å². The lowest BCUT2D eigenvalue weighted by Crippen LogP contribution is -2.29. The summed E-state index contributed by atoms with van der Waals surface area (Å²) in [5, 5.41) is 3.92. The van der Waals surface area contributed by atoms with Gasteiger partial charge in [-0.05, 0) is 48.2 Å². The van der Waals surface area contributed by atoms with Crippen LogP contribution in [0.2, 0.25) is 10.0 Å². The highest BCUT2D eigenvalue weighted by Gasteiger charge is 2.19. The van der Waals surface area contributed by atoms with E-state index < -0.39 is 0 Å². The molecular weight excluding hydrogens is 345 g/mol. The molecule has 0 aliphatic heterocycles. The molecule has 0 radical (unpaired) electrons. The first kappa shape index (κ1) is 18.6. The fourth-order valence-electron chi connectivity index (χ4n) is 2.50. The monoisotopic (exact) mass is 365 g/mol. The minimum atomic E-state index is -0.210. The van der Waals surface area contributed by atoms with Gasteiger partial charge in [-0.1, -0.05) is 49.2 Å². The van der Waals surface area contributed by atoms with Gasteiger partial charge in [-0.15, -0.1) is 0 Å². The first-order valence-corrected chi connectivity index (χ1v) is 8.56. The third-order valence-electron chi connectivity index (χ3n) is 3.71. The first-order valence-electron chi connectivity index (χ1n) is 7.80. The van der Waals surface area contributed by atoms with E-state index in [-0.39, 0.29) is 11.9 Å². The summed E-state index contributed by atoms with van der Waals surface area (Å²) in [6.07, 6.45) is 0.823. The van der Waals surface area contributed by atoms with Crippen LogP contribution in [-0.2, 0) is 0 Å². The summed E-state index contributed by atoms with van der Waals surface area (Å²) in [6.45, 7) is 4.25. The summed E-state index contributed by atoms with van der Waals surface area (Å²) in [4.78, 5) is 12.6. The van der Waals surface area contributed by atoms with Gasteiger partial charge in [0.15, 0.2) is 0 Å². The van der Waals surface area contributed by atoms with Crippen molar-refractivity contribution in [3.05, 3.63) is 63.6 Å². The number of hydrogen-bond donors (Lipinski definition) is 1. The minimum absolute atomic E-state index is 0.102. The van der Waals surface area contributed by atoms with Gasteiger partial charge in [0.1, 0.15) is 5.75 Å². The molecule has 0 unspecified atom stereocenters. The smallest absolute Gasteiger partial charge is 0.253 e. The molecule has 24 heavy (non-hydrogen) atoms. The first-order chi connectivity index (χ1) is 11.4. The third kappa shape index (κ3) is 4.89. The molecule has 2 aromatic rings. The van der Waals surface area contributed by atoms with E-state index >= 15 is 0 Å². The van der Waals surface area contributed by atoms with Crippen molar-refractivity contribution in [2.24, 2.45) is 5.92 Å². The number of rotatable bonds is 6. The van der Waals surface area contributed by atoms with Crippen LogP contribution in [0.1, 0.15) is 42.2 Å². The average molecular weight is 366 g/mol. The topological polar surface area (TPSA) is 38.3 Å². The maximum absolute atomic E-state index is 12.6. The number of ether oxygens (including phenoxy) is 1. The van der Waals surface area contributed by atoms with E-state index in [0.717, 1.165) is 17.7 Å². The van der Waals surface area contributed by atoms with Crippen LogP contribution in [0.3, 0.4) is 0 Å². The van der Waals surface area contributed by atoms with Crippen LogP contribution in [0.25, 0.3) is 0 Å². The Morgan fingerprint density at radius 3 is 2.33 bits per heavy atom. The third-order valence-corrected chi connectivity index (χ3v) is 4.25. The molecule has 0 aliphatic carbocycles. The molecule has 0 aliphatic rings.